The highest BCUT2D eigenvalue weighted by molar-refractivity contribution is 5.92. The second-order valence-corrected chi connectivity index (χ2v) is 4.18. The molecule has 0 radical (unpaired) electrons. The van der Waals surface area contributed by atoms with E-state index in [1.165, 1.54) is 6.92 Å². The van der Waals surface area contributed by atoms with Crippen molar-refractivity contribution in [3.05, 3.63) is 24.3 Å². The van der Waals surface area contributed by atoms with Gasteiger partial charge in [-0.05, 0) is 12.3 Å². The number of nitrogens with two attached hydrogens (primary N) is 1. The van der Waals surface area contributed by atoms with Gasteiger partial charge in [0.2, 0.25) is 5.91 Å². The first kappa shape index (κ1) is 15.9. The molecule has 0 heterocycles. The number of carbonyl (C=O) groups excluding carboxylic acids is 1. The Morgan fingerprint density at radius 2 is 1.47 bits per heavy atom. The Morgan fingerprint density at radius 1 is 1.20 bits per heavy atom. The fourth-order valence-corrected chi connectivity index (χ4v) is 0.370. The maximum absolute atomic E-state index is 10.5. The van der Waals surface area contributed by atoms with E-state index in [1.54, 1.807) is 0 Å². The monoisotopic (exact) mass is 213 g/mol. The van der Waals surface area contributed by atoms with Crippen LogP contribution >= 0.6 is 0 Å². The molecule has 0 spiro atoms. The molecule has 0 aliphatic carbocycles. The van der Waals surface area contributed by atoms with Crippen LogP contribution in [0, 0.1) is 5.41 Å². The number of carboxylic acids is 1. The number of rotatable bonds is 2. The van der Waals surface area contributed by atoms with Crippen LogP contribution in [-0.4, -0.2) is 17.0 Å². The fourth-order valence-electron chi connectivity index (χ4n) is 0.370. The summed E-state index contributed by atoms with van der Waals surface area (Å²) in [6.07, 6.45) is 0. The predicted octanol–water partition coefficient (Wildman–Crippen LogP) is 1.72. The topological polar surface area (TPSA) is 80.4 Å². The summed E-state index contributed by atoms with van der Waals surface area (Å²) in [5, 5.41) is 7.89. The average molecular weight is 213 g/mol. The average Bonchev–Trinajstić information content (AvgIpc) is 2.02. The molecule has 0 fully saturated rings. The van der Waals surface area contributed by atoms with Crippen molar-refractivity contribution in [1.82, 2.24) is 0 Å². The zero-order valence-corrected chi connectivity index (χ0v) is 9.76. The van der Waals surface area contributed by atoms with Crippen molar-refractivity contribution in [2.45, 2.75) is 27.7 Å². The molecule has 0 aromatic carbocycles. The largest absolute Gasteiger partial charge is 0.478 e. The zero-order valence-electron chi connectivity index (χ0n) is 9.76. The van der Waals surface area contributed by atoms with Crippen molar-refractivity contribution >= 4 is 11.9 Å². The van der Waals surface area contributed by atoms with Crippen LogP contribution in [0.4, 0.5) is 0 Å². The molecule has 0 atom stereocenters. The van der Waals surface area contributed by atoms with E-state index in [0.717, 1.165) is 0 Å². The SMILES string of the molecule is C=C(C(N)=O)C(C)(C)C.C=C(C)C(=O)O. The van der Waals surface area contributed by atoms with Gasteiger partial charge < -0.3 is 10.8 Å². The highest BCUT2D eigenvalue weighted by atomic mass is 16.4. The minimum absolute atomic E-state index is 0.176. The number of hydrogen-bond donors (Lipinski definition) is 2. The van der Waals surface area contributed by atoms with Gasteiger partial charge in [-0.3, -0.25) is 4.79 Å². The summed E-state index contributed by atoms with van der Waals surface area (Å²) in [6.45, 7) is 13.9. The Bertz CT molecular complexity index is 273. The van der Waals surface area contributed by atoms with Crippen LogP contribution in [0.5, 0.6) is 0 Å². The van der Waals surface area contributed by atoms with E-state index >= 15 is 0 Å². The minimum atomic E-state index is -0.935. The van der Waals surface area contributed by atoms with Gasteiger partial charge in [0.15, 0.2) is 0 Å². The van der Waals surface area contributed by atoms with Crippen molar-refractivity contribution in [3.63, 3.8) is 0 Å². The van der Waals surface area contributed by atoms with Crippen LogP contribution in [0.3, 0.4) is 0 Å². The summed E-state index contributed by atoms with van der Waals surface area (Å²) in [5.74, 6) is -1.35. The number of carboxylic acid groups (broad SMARTS) is 1. The van der Waals surface area contributed by atoms with Crippen molar-refractivity contribution in [1.29, 1.82) is 0 Å². The van der Waals surface area contributed by atoms with Crippen molar-refractivity contribution < 1.29 is 14.7 Å². The molecule has 0 aromatic heterocycles. The standard InChI is InChI=1S/C7H13NO.C4H6O2/c1-5(6(8)9)7(2,3)4;1-3(2)4(5)6/h1H2,2-4H3,(H2,8,9);1H2,2H3,(H,5,6). The maximum atomic E-state index is 10.5. The summed E-state index contributed by atoms with van der Waals surface area (Å²) in [4.78, 5) is 20.1. The minimum Gasteiger partial charge on any atom is -0.478 e. The van der Waals surface area contributed by atoms with Gasteiger partial charge in [-0.25, -0.2) is 4.79 Å². The first-order valence-corrected chi connectivity index (χ1v) is 4.38. The number of hydrogen-bond acceptors (Lipinski definition) is 2. The number of aliphatic carboxylic acids is 1. The van der Waals surface area contributed by atoms with Crippen LogP contribution in [0.15, 0.2) is 24.3 Å². The van der Waals surface area contributed by atoms with Crippen molar-refractivity contribution in [2.75, 3.05) is 0 Å². The first-order valence-electron chi connectivity index (χ1n) is 4.38. The molecule has 1 amide bonds. The lowest BCUT2D eigenvalue weighted by atomic mass is 9.87. The molecule has 0 bridgehead atoms. The van der Waals surface area contributed by atoms with Crippen LogP contribution in [0.1, 0.15) is 27.7 Å². The molecule has 0 aromatic rings. The third-order valence-corrected chi connectivity index (χ3v) is 1.57. The Kier molecular flexibility index (Phi) is 6.36. The van der Waals surface area contributed by atoms with E-state index in [9.17, 15) is 9.59 Å². The molecule has 4 heteroatoms. The van der Waals surface area contributed by atoms with E-state index in [4.69, 9.17) is 10.8 Å². The molecule has 0 aliphatic rings. The second kappa shape index (κ2) is 6.01. The fraction of sp³-hybridized carbons (Fsp3) is 0.455. The van der Waals surface area contributed by atoms with E-state index in [1.807, 2.05) is 20.8 Å². The van der Waals surface area contributed by atoms with Crippen LogP contribution in [0.2, 0.25) is 0 Å². The summed E-state index contributed by atoms with van der Waals surface area (Å²) < 4.78 is 0. The van der Waals surface area contributed by atoms with E-state index in [2.05, 4.69) is 13.2 Å². The third kappa shape index (κ3) is 8.74. The normalized spacial score (nSPS) is 9.60. The van der Waals surface area contributed by atoms with Crippen LogP contribution in [-0.2, 0) is 9.59 Å². The quantitative estimate of drug-likeness (QED) is 0.685. The summed E-state index contributed by atoms with van der Waals surface area (Å²) in [6, 6.07) is 0. The number of carbonyl (C=O) groups is 2. The van der Waals surface area contributed by atoms with Crippen LogP contribution in [0.25, 0.3) is 0 Å². The molecule has 15 heavy (non-hydrogen) atoms. The summed E-state index contributed by atoms with van der Waals surface area (Å²) >= 11 is 0. The van der Waals surface area contributed by atoms with Gasteiger partial charge in [0.05, 0.1) is 0 Å². The zero-order chi connectivity index (χ0) is 12.8. The van der Waals surface area contributed by atoms with Gasteiger partial charge >= 0.3 is 5.97 Å². The van der Waals surface area contributed by atoms with Gasteiger partial charge in [0, 0.05) is 11.1 Å². The highest BCUT2D eigenvalue weighted by Gasteiger charge is 2.18. The lowest BCUT2D eigenvalue weighted by Crippen LogP contribution is -2.23. The van der Waals surface area contributed by atoms with E-state index in [0.29, 0.717) is 5.57 Å². The molecular formula is C11H19NO3. The Morgan fingerprint density at radius 3 is 1.47 bits per heavy atom. The molecular weight excluding hydrogens is 194 g/mol. The number of amides is 1. The third-order valence-electron chi connectivity index (χ3n) is 1.57. The lowest BCUT2D eigenvalue weighted by molar-refractivity contribution is -0.132. The predicted molar refractivity (Wildman–Crippen MR) is 60.2 cm³/mol. The molecule has 4 nitrogen and oxygen atoms in total. The van der Waals surface area contributed by atoms with E-state index in [-0.39, 0.29) is 11.0 Å². The Hall–Kier alpha value is -1.58. The van der Waals surface area contributed by atoms with Gasteiger partial charge in [0.25, 0.3) is 0 Å². The summed E-state index contributed by atoms with van der Waals surface area (Å²) in [7, 11) is 0. The maximum Gasteiger partial charge on any atom is 0.330 e. The van der Waals surface area contributed by atoms with E-state index < -0.39 is 11.9 Å². The molecule has 86 valence electrons. The molecule has 0 saturated heterocycles. The highest BCUT2D eigenvalue weighted by Crippen LogP contribution is 2.22. The van der Waals surface area contributed by atoms with Gasteiger partial charge in [-0.1, -0.05) is 33.9 Å². The molecule has 3 N–H and O–H groups in total. The number of primary amides is 1. The molecule has 0 unspecified atom stereocenters. The summed E-state index contributed by atoms with van der Waals surface area (Å²) in [5.41, 5.74) is 5.45. The van der Waals surface area contributed by atoms with Gasteiger partial charge in [0.1, 0.15) is 0 Å². The molecule has 0 aliphatic heterocycles. The smallest absolute Gasteiger partial charge is 0.330 e. The lowest BCUT2D eigenvalue weighted by Gasteiger charge is -2.17. The molecule has 0 saturated carbocycles. The Labute approximate surface area is 90.5 Å². The van der Waals surface area contributed by atoms with Gasteiger partial charge in [-0.15, -0.1) is 0 Å². The first-order chi connectivity index (χ1) is 6.50. The van der Waals surface area contributed by atoms with Crippen LogP contribution < -0.4 is 5.73 Å². The second-order valence-electron chi connectivity index (χ2n) is 4.18. The molecule has 0 rings (SSSR count). The van der Waals surface area contributed by atoms with Crippen molar-refractivity contribution in [2.24, 2.45) is 11.1 Å². The van der Waals surface area contributed by atoms with Crippen molar-refractivity contribution in [3.8, 4) is 0 Å². The van der Waals surface area contributed by atoms with Gasteiger partial charge in [-0.2, -0.15) is 0 Å². The Balaban J connectivity index is 0.